The first-order chi connectivity index (χ1) is 9.29. The van der Waals surface area contributed by atoms with Gasteiger partial charge in [0.1, 0.15) is 5.75 Å². The predicted molar refractivity (Wildman–Crippen MR) is 89.3 cm³/mol. The molecule has 0 aromatic heterocycles. The van der Waals surface area contributed by atoms with Crippen LogP contribution in [-0.4, -0.2) is 34.5 Å². The molecule has 20 heavy (non-hydrogen) atoms. The first-order valence-corrected chi connectivity index (χ1v) is 10.5. The molecule has 1 heterocycles. The van der Waals surface area contributed by atoms with Gasteiger partial charge in [-0.25, -0.2) is 0 Å². The van der Waals surface area contributed by atoms with Crippen molar-refractivity contribution in [1.82, 2.24) is 5.32 Å². The van der Waals surface area contributed by atoms with Crippen LogP contribution in [0, 0.1) is 0 Å². The fourth-order valence-electron chi connectivity index (χ4n) is 2.10. The Bertz CT molecular complexity index is 431. The summed E-state index contributed by atoms with van der Waals surface area (Å²) >= 11 is 0. The minimum Gasteiger partial charge on any atom is -0.544 e. The van der Waals surface area contributed by atoms with E-state index in [2.05, 4.69) is 68.3 Å². The molecule has 1 aromatic rings. The van der Waals surface area contributed by atoms with Crippen molar-refractivity contribution < 1.29 is 4.43 Å². The molecule has 1 aromatic carbocycles. The van der Waals surface area contributed by atoms with Crippen LogP contribution >= 0.6 is 0 Å². The Morgan fingerprint density at radius 3 is 2.10 bits per heavy atom. The van der Waals surface area contributed by atoms with Gasteiger partial charge in [0.2, 0.25) is 8.32 Å². The number of nitrogens with one attached hydrogen (secondary N) is 1. The van der Waals surface area contributed by atoms with E-state index in [1.54, 1.807) is 0 Å². The summed E-state index contributed by atoms with van der Waals surface area (Å²) in [6.45, 7) is 15.7. The molecule has 2 rings (SSSR count). The molecule has 1 fully saturated rings. The topological polar surface area (TPSA) is 24.5 Å². The van der Waals surface area contributed by atoms with E-state index < -0.39 is 8.32 Å². The van der Waals surface area contributed by atoms with Crippen LogP contribution in [0.15, 0.2) is 24.3 Å². The van der Waals surface area contributed by atoms with E-state index in [0.717, 1.165) is 31.9 Å². The second-order valence-electron chi connectivity index (χ2n) is 7.09. The maximum absolute atomic E-state index is 6.32. The van der Waals surface area contributed by atoms with Crippen LogP contribution in [-0.2, 0) is 0 Å². The summed E-state index contributed by atoms with van der Waals surface area (Å²) in [5.41, 5.74) is 1.30. The second kappa shape index (κ2) is 5.78. The van der Waals surface area contributed by atoms with E-state index in [-0.39, 0.29) is 5.04 Å². The van der Waals surface area contributed by atoms with Gasteiger partial charge in [-0.1, -0.05) is 20.8 Å². The van der Waals surface area contributed by atoms with Crippen molar-refractivity contribution in [3.05, 3.63) is 24.3 Å². The van der Waals surface area contributed by atoms with Crippen molar-refractivity contribution in [1.29, 1.82) is 0 Å². The normalized spacial score (nSPS) is 17.1. The Hall–Kier alpha value is -1.00. The highest BCUT2D eigenvalue weighted by atomic mass is 28.4. The van der Waals surface area contributed by atoms with Gasteiger partial charge in [0.15, 0.2) is 0 Å². The van der Waals surface area contributed by atoms with Crippen LogP contribution < -0.4 is 14.6 Å². The Balaban J connectivity index is 2.05. The maximum Gasteiger partial charge on any atom is 0.250 e. The Labute approximate surface area is 124 Å². The van der Waals surface area contributed by atoms with Gasteiger partial charge in [-0.05, 0) is 42.4 Å². The fourth-order valence-corrected chi connectivity index (χ4v) is 3.13. The lowest BCUT2D eigenvalue weighted by Crippen LogP contribution is -2.44. The van der Waals surface area contributed by atoms with Gasteiger partial charge in [-0.3, -0.25) is 0 Å². The lowest BCUT2D eigenvalue weighted by molar-refractivity contribution is 0.492. The van der Waals surface area contributed by atoms with Gasteiger partial charge in [-0.15, -0.1) is 0 Å². The van der Waals surface area contributed by atoms with Gasteiger partial charge in [-0.2, -0.15) is 0 Å². The zero-order valence-corrected chi connectivity index (χ0v) is 14.5. The summed E-state index contributed by atoms with van der Waals surface area (Å²) in [7, 11) is -1.73. The molecule has 112 valence electrons. The number of hydrogen-bond donors (Lipinski definition) is 1. The summed E-state index contributed by atoms with van der Waals surface area (Å²) < 4.78 is 6.32. The van der Waals surface area contributed by atoms with E-state index in [9.17, 15) is 0 Å². The predicted octanol–water partition coefficient (Wildman–Crippen LogP) is 3.48. The number of nitrogens with zero attached hydrogens (tertiary/aromatic N) is 1. The summed E-state index contributed by atoms with van der Waals surface area (Å²) in [6.07, 6.45) is 0. The largest absolute Gasteiger partial charge is 0.544 e. The molecule has 3 nitrogen and oxygen atoms in total. The molecule has 0 radical (unpaired) electrons. The van der Waals surface area contributed by atoms with Crippen molar-refractivity contribution in [2.24, 2.45) is 0 Å². The van der Waals surface area contributed by atoms with E-state index in [0.29, 0.717) is 0 Å². The molecule has 0 atom stereocenters. The molecule has 0 amide bonds. The lowest BCUT2D eigenvalue weighted by atomic mass is 10.2. The minimum absolute atomic E-state index is 0.240. The van der Waals surface area contributed by atoms with Crippen LogP contribution in [0.3, 0.4) is 0 Å². The quantitative estimate of drug-likeness (QED) is 0.863. The van der Waals surface area contributed by atoms with Gasteiger partial charge in [0.25, 0.3) is 0 Å². The van der Waals surface area contributed by atoms with Gasteiger partial charge in [0.05, 0.1) is 0 Å². The number of piperazine rings is 1. The minimum atomic E-state index is -1.73. The Kier molecular flexibility index (Phi) is 4.45. The van der Waals surface area contributed by atoms with Crippen LogP contribution in [0.4, 0.5) is 5.69 Å². The third-order valence-electron chi connectivity index (χ3n) is 4.50. The standard InChI is InChI=1S/C16H28N2OSi/c1-16(2,3)20(4,5)19-15-8-6-14(7-9-15)18-12-10-17-11-13-18/h6-9,17H,10-13H2,1-5H3. The molecule has 1 N–H and O–H groups in total. The summed E-state index contributed by atoms with van der Waals surface area (Å²) in [5, 5.41) is 3.62. The molecular weight excluding hydrogens is 264 g/mol. The lowest BCUT2D eigenvalue weighted by Gasteiger charge is -2.36. The van der Waals surface area contributed by atoms with E-state index in [4.69, 9.17) is 4.43 Å². The van der Waals surface area contributed by atoms with E-state index in [1.165, 1.54) is 5.69 Å². The van der Waals surface area contributed by atoms with Crippen LogP contribution in [0.25, 0.3) is 0 Å². The van der Waals surface area contributed by atoms with Crippen molar-refractivity contribution in [3.63, 3.8) is 0 Å². The average molecular weight is 292 g/mol. The number of benzene rings is 1. The average Bonchev–Trinajstić information content (AvgIpc) is 2.39. The number of hydrogen-bond acceptors (Lipinski definition) is 3. The zero-order valence-electron chi connectivity index (χ0n) is 13.5. The Morgan fingerprint density at radius 1 is 1.05 bits per heavy atom. The summed E-state index contributed by atoms with van der Waals surface area (Å²) in [6, 6.07) is 8.62. The molecule has 0 saturated carbocycles. The van der Waals surface area contributed by atoms with Crippen molar-refractivity contribution >= 4 is 14.0 Å². The van der Waals surface area contributed by atoms with Gasteiger partial charge < -0.3 is 14.6 Å². The van der Waals surface area contributed by atoms with E-state index >= 15 is 0 Å². The van der Waals surface area contributed by atoms with Crippen molar-refractivity contribution in [2.45, 2.75) is 38.9 Å². The number of rotatable bonds is 3. The third kappa shape index (κ3) is 3.55. The molecule has 0 spiro atoms. The van der Waals surface area contributed by atoms with Crippen molar-refractivity contribution in [3.8, 4) is 5.75 Å². The third-order valence-corrected chi connectivity index (χ3v) is 8.86. The second-order valence-corrected chi connectivity index (χ2v) is 11.8. The molecule has 1 saturated heterocycles. The first-order valence-electron chi connectivity index (χ1n) is 7.54. The number of anilines is 1. The SMILES string of the molecule is CC(C)(C)[Si](C)(C)Oc1ccc(N2CCNCC2)cc1. The highest BCUT2D eigenvalue weighted by Crippen LogP contribution is 2.37. The summed E-state index contributed by atoms with van der Waals surface area (Å²) in [5.74, 6) is 1.01. The molecule has 0 bridgehead atoms. The van der Waals surface area contributed by atoms with Crippen molar-refractivity contribution in [2.75, 3.05) is 31.1 Å². The maximum atomic E-state index is 6.32. The smallest absolute Gasteiger partial charge is 0.250 e. The molecule has 1 aliphatic heterocycles. The molecular formula is C16H28N2OSi. The Morgan fingerprint density at radius 2 is 1.60 bits per heavy atom. The summed E-state index contributed by atoms with van der Waals surface area (Å²) in [4.78, 5) is 2.42. The highest BCUT2D eigenvalue weighted by molar-refractivity contribution is 6.74. The molecule has 0 aliphatic carbocycles. The monoisotopic (exact) mass is 292 g/mol. The molecule has 1 aliphatic rings. The van der Waals surface area contributed by atoms with Gasteiger partial charge in [0, 0.05) is 31.9 Å². The first kappa shape index (κ1) is 15.4. The highest BCUT2D eigenvalue weighted by Gasteiger charge is 2.38. The van der Waals surface area contributed by atoms with E-state index in [1.807, 2.05) is 0 Å². The van der Waals surface area contributed by atoms with Crippen LogP contribution in [0.2, 0.25) is 18.1 Å². The van der Waals surface area contributed by atoms with Crippen LogP contribution in [0.5, 0.6) is 5.75 Å². The fraction of sp³-hybridized carbons (Fsp3) is 0.625. The zero-order chi connectivity index (χ0) is 14.8. The molecule has 4 heteroatoms. The van der Waals surface area contributed by atoms with Crippen LogP contribution in [0.1, 0.15) is 20.8 Å². The van der Waals surface area contributed by atoms with Gasteiger partial charge >= 0.3 is 0 Å². The molecule has 0 unspecified atom stereocenters.